The zero-order chi connectivity index (χ0) is 20.1. The highest BCUT2D eigenvalue weighted by atomic mass is 127. The maximum atomic E-state index is 4.84. The van der Waals surface area contributed by atoms with Crippen LogP contribution in [0.25, 0.3) is 0 Å². The number of nitrogens with one attached hydrogen (secondary N) is 2. The number of hydrogen-bond donors (Lipinski definition) is 2. The van der Waals surface area contributed by atoms with Crippen molar-refractivity contribution in [1.82, 2.24) is 25.4 Å². The Morgan fingerprint density at radius 1 is 1.23 bits per heavy atom. The highest BCUT2D eigenvalue weighted by Gasteiger charge is 2.22. The van der Waals surface area contributed by atoms with Gasteiger partial charge in [-0.1, -0.05) is 31.2 Å². The van der Waals surface area contributed by atoms with Gasteiger partial charge in [0.05, 0.1) is 13.1 Å². The van der Waals surface area contributed by atoms with Crippen LogP contribution < -0.4 is 15.5 Å². The lowest BCUT2D eigenvalue weighted by molar-refractivity contribution is 0.392. The fourth-order valence-corrected chi connectivity index (χ4v) is 3.85. The van der Waals surface area contributed by atoms with Crippen LogP contribution in [0.2, 0.25) is 0 Å². The van der Waals surface area contributed by atoms with Crippen molar-refractivity contribution >= 4 is 35.6 Å². The molecule has 0 amide bonds. The first-order valence-corrected chi connectivity index (χ1v) is 10.7. The number of aliphatic imine (C=N–C) groups is 1. The van der Waals surface area contributed by atoms with Crippen molar-refractivity contribution in [3.63, 3.8) is 0 Å². The van der Waals surface area contributed by atoms with Crippen LogP contribution in [0.1, 0.15) is 37.5 Å². The van der Waals surface area contributed by atoms with Crippen molar-refractivity contribution in [2.75, 3.05) is 24.5 Å². The van der Waals surface area contributed by atoms with E-state index in [0.29, 0.717) is 12.6 Å². The van der Waals surface area contributed by atoms with Gasteiger partial charge in [-0.3, -0.25) is 0 Å². The summed E-state index contributed by atoms with van der Waals surface area (Å²) in [5.74, 6) is 2.91. The van der Waals surface area contributed by atoms with Crippen molar-refractivity contribution in [3.8, 4) is 0 Å². The third kappa shape index (κ3) is 5.53. The van der Waals surface area contributed by atoms with Gasteiger partial charge in [0.2, 0.25) is 0 Å². The van der Waals surface area contributed by atoms with E-state index in [-0.39, 0.29) is 24.0 Å². The van der Waals surface area contributed by atoms with Gasteiger partial charge in [-0.25, -0.2) is 14.7 Å². The second-order valence-electron chi connectivity index (χ2n) is 7.60. The van der Waals surface area contributed by atoms with Crippen molar-refractivity contribution < 1.29 is 0 Å². The number of hydrogen-bond acceptors (Lipinski definition) is 4. The summed E-state index contributed by atoms with van der Waals surface area (Å²) in [6.07, 6.45) is 7.31. The Morgan fingerprint density at radius 3 is 2.83 bits per heavy atom. The predicted octanol–water partition coefficient (Wildman–Crippen LogP) is 2.90. The number of halogens is 1. The number of aryl methyl sites for hydroxylation is 2. The van der Waals surface area contributed by atoms with E-state index in [4.69, 9.17) is 4.99 Å². The van der Waals surface area contributed by atoms with E-state index in [1.165, 1.54) is 11.3 Å². The molecule has 1 aromatic heterocycles. The monoisotopic (exact) mass is 521 g/mol. The molecule has 162 valence electrons. The number of nitrogens with zero attached hydrogens (tertiary/aromatic N) is 5. The molecular weight excluding hydrogens is 489 g/mol. The zero-order valence-electron chi connectivity index (χ0n) is 17.8. The van der Waals surface area contributed by atoms with Crippen LogP contribution in [0.15, 0.2) is 41.4 Å². The van der Waals surface area contributed by atoms with Crippen molar-refractivity contribution in [1.29, 1.82) is 0 Å². The number of guanidine groups is 1. The molecule has 0 saturated carbocycles. The van der Waals surface area contributed by atoms with Crippen LogP contribution in [-0.2, 0) is 25.9 Å². The summed E-state index contributed by atoms with van der Waals surface area (Å²) < 4.78 is 2.05. The molecule has 7 nitrogen and oxygen atoms in total. The van der Waals surface area contributed by atoms with E-state index in [1.54, 1.807) is 0 Å². The number of anilines is 1. The lowest BCUT2D eigenvalue weighted by Crippen LogP contribution is -2.47. The van der Waals surface area contributed by atoms with Crippen molar-refractivity contribution in [2.45, 2.75) is 52.2 Å². The van der Waals surface area contributed by atoms with Crippen LogP contribution in [-0.4, -0.2) is 46.4 Å². The summed E-state index contributed by atoms with van der Waals surface area (Å²) in [4.78, 5) is 11.8. The molecule has 0 spiro atoms. The molecule has 1 atom stereocenters. The standard InChI is InChI=1S/C22H31N7.HI/c1-3-20-26-21-11-10-18(16-29(21)27-20)25-22(23-4-2)24-15-17-8-7-9-19(14-17)28-12-5-6-13-28;/h5-9,14,18H,3-4,10-13,15-16H2,1-2H3,(H2,23,24,25);1H. The van der Waals surface area contributed by atoms with Gasteiger partial charge in [0.15, 0.2) is 11.8 Å². The minimum absolute atomic E-state index is 0. The van der Waals surface area contributed by atoms with E-state index >= 15 is 0 Å². The topological polar surface area (TPSA) is 70.4 Å². The molecule has 2 aromatic rings. The van der Waals surface area contributed by atoms with Gasteiger partial charge in [0, 0.05) is 44.2 Å². The molecule has 2 N–H and O–H groups in total. The molecule has 1 unspecified atom stereocenters. The Kier molecular flexibility index (Phi) is 8.12. The normalized spacial score (nSPS) is 18.1. The summed E-state index contributed by atoms with van der Waals surface area (Å²) in [5, 5.41) is 11.6. The smallest absolute Gasteiger partial charge is 0.191 e. The molecule has 0 bridgehead atoms. The van der Waals surface area contributed by atoms with Gasteiger partial charge in [0.25, 0.3) is 0 Å². The van der Waals surface area contributed by atoms with Gasteiger partial charge >= 0.3 is 0 Å². The van der Waals surface area contributed by atoms with Crippen LogP contribution in [0, 0.1) is 0 Å². The van der Waals surface area contributed by atoms with Crippen molar-refractivity contribution in [3.05, 3.63) is 53.6 Å². The van der Waals surface area contributed by atoms with E-state index in [9.17, 15) is 0 Å². The molecule has 2 aliphatic heterocycles. The maximum absolute atomic E-state index is 4.84. The number of fused-ring (bicyclic) bond motifs is 1. The van der Waals surface area contributed by atoms with E-state index in [2.05, 4.69) is 80.6 Å². The van der Waals surface area contributed by atoms with Crippen molar-refractivity contribution in [2.24, 2.45) is 4.99 Å². The Hall–Kier alpha value is -2.10. The highest BCUT2D eigenvalue weighted by molar-refractivity contribution is 14.0. The molecule has 0 saturated heterocycles. The summed E-state index contributed by atoms with van der Waals surface area (Å²) >= 11 is 0. The summed E-state index contributed by atoms with van der Waals surface area (Å²) in [6.45, 7) is 8.51. The van der Waals surface area contributed by atoms with Crippen LogP contribution in [0.5, 0.6) is 0 Å². The maximum Gasteiger partial charge on any atom is 0.191 e. The quantitative estimate of drug-likeness (QED) is 0.265. The number of benzene rings is 1. The number of rotatable bonds is 6. The lowest BCUT2D eigenvalue weighted by atomic mass is 10.1. The minimum atomic E-state index is 0. The first kappa shape index (κ1) is 22.6. The average molecular weight is 521 g/mol. The Balaban J connectivity index is 0.00000256. The number of aromatic nitrogens is 3. The Labute approximate surface area is 196 Å². The lowest BCUT2D eigenvalue weighted by Gasteiger charge is -2.25. The molecule has 0 radical (unpaired) electrons. The molecule has 1 aromatic carbocycles. The molecule has 2 aliphatic rings. The van der Waals surface area contributed by atoms with Crippen LogP contribution in [0.4, 0.5) is 5.69 Å². The summed E-state index contributed by atoms with van der Waals surface area (Å²) in [6, 6.07) is 9.00. The Bertz CT molecular complexity index is 881. The molecule has 30 heavy (non-hydrogen) atoms. The zero-order valence-corrected chi connectivity index (χ0v) is 20.2. The van der Waals surface area contributed by atoms with E-state index in [1.807, 2.05) is 0 Å². The molecule has 0 fully saturated rings. The fourth-order valence-electron chi connectivity index (χ4n) is 3.85. The predicted molar refractivity (Wildman–Crippen MR) is 133 cm³/mol. The first-order chi connectivity index (χ1) is 14.2. The minimum Gasteiger partial charge on any atom is -0.364 e. The molecule has 0 aliphatic carbocycles. The highest BCUT2D eigenvalue weighted by Crippen LogP contribution is 2.19. The van der Waals surface area contributed by atoms with Gasteiger partial charge in [0.1, 0.15) is 5.82 Å². The van der Waals surface area contributed by atoms with Gasteiger partial charge in [-0.2, -0.15) is 5.10 Å². The average Bonchev–Trinajstić information content (AvgIpc) is 3.42. The molecule has 4 rings (SSSR count). The van der Waals surface area contributed by atoms with Gasteiger partial charge in [-0.15, -0.1) is 24.0 Å². The van der Waals surface area contributed by atoms with Crippen LogP contribution in [0.3, 0.4) is 0 Å². The fraction of sp³-hybridized carbons (Fsp3) is 0.500. The molecular formula is C22H32IN7. The van der Waals surface area contributed by atoms with Crippen LogP contribution >= 0.6 is 24.0 Å². The summed E-state index contributed by atoms with van der Waals surface area (Å²) in [5.41, 5.74) is 2.49. The SMILES string of the molecule is CCNC(=NCc1cccc(N2CC=CC2)c1)NC1CCc2nc(CC)nn2C1.I. The van der Waals surface area contributed by atoms with E-state index < -0.39 is 0 Å². The molecule has 3 heterocycles. The van der Waals surface area contributed by atoms with Gasteiger partial charge in [-0.05, 0) is 31.0 Å². The molecule has 8 heteroatoms. The Morgan fingerprint density at radius 2 is 2.07 bits per heavy atom. The summed E-state index contributed by atoms with van der Waals surface area (Å²) in [7, 11) is 0. The van der Waals surface area contributed by atoms with Gasteiger partial charge < -0.3 is 15.5 Å². The van der Waals surface area contributed by atoms with E-state index in [0.717, 1.165) is 63.0 Å². The first-order valence-electron chi connectivity index (χ1n) is 10.7. The second-order valence-corrected chi connectivity index (χ2v) is 7.60. The second kappa shape index (κ2) is 10.8. The largest absolute Gasteiger partial charge is 0.364 e. The third-order valence-corrected chi connectivity index (χ3v) is 5.42. The third-order valence-electron chi connectivity index (χ3n) is 5.42.